The van der Waals surface area contributed by atoms with Crippen molar-refractivity contribution in [2.24, 2.45) is 5.92 Å². The average molecular weight is 306 g/mol. The number of nitrogens with zero attached hydrogens (tertiary/aromatic N) is 1. The van der Waals surface area contributed by atoms with Crippen LogP contribution in [0.25, 0.3) is 6.08 Å². The molecule has 0 spiro atoms. The highest BCUT2D eigenvalue weighted by molar-refractivity contribution is 5.50. The minimum atomic E-state index is 0.668. The lowest BCUT2D eigenvalue weighted by molar-refractivity contribution is 0.384. The number of benzene rings is 1. The molecule has 3 atom stereocenters. The van der Waals surface area contributed by atoms with Crippen molar-refractivity contribution < 1.29 is 4.74 Å². The molecule has 2 heterocycles. The molecule has 0 radical (unpaired) electrons. The van der Waals surface area contributed by atoms with Crippen LogP contribution in [0.15, 0.2) is 54.9 Å². The van der Waals surface area contributed by atoms with Crippen LogP contribution in [0.1, 0.15) is 31.2 Å². The summed E-state index contributed by atoms with van der Waals surface area (Å²) in [5.41, 5.74) is 1.08. The van der Waals surface area contributed by atoms with Crippen molar-refractivity contribution in [2.45, 2.75) is 37.8 Å². The molecule has 2 fully saturated rings. The van der Waals surface area contributed by atoms with Crippen LogP contribution in [0.3, 0.4) is 0 Å². The maximum absolute atomic E-state index is 5.83. The zero-order chi connectivity index (χ0) is 15.5. The number of para-hydroxylation sites is 1. The molecular weight excluding hydrogens is 284 g/mol. The van der Waals surface area contributed by atoms with Crippen LogP contribution in [0.5, 0.6) is 11.5 Å². The van der Waals surface area contributed by atoms with Gasteiger partial charge >= 0.3 is 0 Å². The molecular formula is C20H22N2O. The van der Waals surface area contributed by atoms with Crippen molar-refractivity contribution >= 4 is 6.08 Å². The van der Waals surface area contributed by atoms with Crippen LogP contribution in [-0.4, -0.2) is 17.1 Å². The summed E-state index contributed by atoms with van der Waals surface area (Å²) in [7, 11) is 0. The number of rotatable bonds is 5. The average Bonchev–Trinajstić information content (AvgIpc) is 3.19. The summed E-state index contributed by atoms with van der Waals surface area (Å²) >= 11 is 0. The lowest BCUT2D eigenvalue weighted by Gasteiger charge is -2.21. The van der Waals surface area contributed by atoms with Crippen LogP contribution in [0.4, 0.5) is 0 Å². The Morgan fingerprint density at radius 2 is 2.04 bits per heavy atom. The van der Waals surface area contributed by atoms with Crippen molar-refractivity contribution in [3.05, 3.63) is 60.4 Å². The fraction of sp³-hybridized carbons (Fsp3) is 0.350. The minimum Gasteiger partial charge on any atom is -0.456 e. The van der Waals surface area contributed by atoms with Crippen molar-refractivity contribution in [2.75, 3.05) is 0 Å². The third-order valence-corrected chi connectivity index (χ3v) is 4.91. The fourth-order valence-electron chi connectivity index (χ4n) is 3.79. The molecule has 1 saturated carbocycles. The number of fused-ring (bicyclic) bond motifs is 2. The second-order valence-corrected chi connectivity index (χ2v) is 6.55. The molecule has 2 bridgehead atoms. The summed E-state index contributed by atoms with van der Waals surface area (Å²) in [6.45, 7) is 0. The van der Waals surface area contributed by atoms with Gasteiger partial charge in [-0.3, -0.25) is 4.98 Å². The molecule has 1 saturated heterocycles. The van der Waals surface area contributed by atoms with Crippen molar-refractivity contribution in [1.82, 2.24) is 10.3 Å². The van der Waals surface area contributed by atoms with Gasteiger partial charge < -0.3 is 10.1 Å². The number of aromatic nitrogens is 1. The molecule has 4 rings (SSSR count). The van der Waals surface area contributed by atoms with E-state index in [9.17, 15) is 0 Å². The molecule has 1 aliphatic heterocycles. The van der Waals surface area contributed by atoms with Crippen molar-refractivity contribution in [3.8, 4) is 11.5 Å². The van der Waals surface area contributed by atoms with E-state index in [-0.39, 0.29) is 0 Å². The zero-order valence-electron chi connectivity index (χ0n) is 13.2. The van der Waals surface area contributed by atoms with Gasteiger partial charge in [0.05, 0.1) is 6.20 Å². The second-order valence-electron chi connectivity index (χ2n) is 6.55. The van der Waals surface area contributed by atoms with Gasteiger partial charge in [-0.25, -0.2) is 0 Å². The molecule has 1 aromatic heterocycles. The zero-order valence-corrected chi connectivity index (χ0v) is 13.2. The third-order valence-electron chi connectivity index (χ3n) is 4.91. The largest absolute Gasteiger partial charge is 0.456 e. The molecule has 1 aliphatic carbocycles. The molecule has 1 N–H and O–H groups in total. The molecule has 3 nitrogen and oxygen atoms in total. The summed E-state index contributed by atoms with van der Waals surface area (Å²) in [5.74, 6) is 2.49. The quantitative estimate of drug-likeness (QED) is 0.888. The smallest absolute Gasteiger partial charge is 0.146 e. The van der Waals surface area contributed by atoms with E-state index in [1.54, 1.807) is 6.20 Å². The van der Waals surface area contributed by atoms with Gasteiger partial charge in [0.1, 0.15) is 11.5 Å². The Labute approximate surface area is 137 Å². The molecule has 118 valence electrons. The highest BCUT2D eigenvalue weighted by Crippen LogP contribution is 2.36. The van der Waals surface area contributed by atoms with Gasteiger partial charge in [-0.15, -0.1) is 0 Å². The Balaban J connectivity index is 1.37. The molecule has 0 amide bonds. The van der Waals surface area contributed by atoms with E-state index in [0.29, 0.717) is 6.04 Å². The number of nitrogens with one attached hydrogen (secondary N) is 1. The molecule has 2 aromatic rings. The first-order valence-electron chi connectivity index (χ1n) is 8.47. The monoisotopic (exact) mass is 306 g/mol. The standard InChI is InChI=1S/C20H22N2O/c1-2-6-18(7-3-1)23-19-11-15(13-21-14-19)5-4-8-20-16-9-10-17(12-16)22-20/h1-7,11,13-14,16-17,20,22H,8-10,12H2. The Hall–Kier alpha value is -2.13. The van der Waals surface area contributed by atoms with Crippen LogP contribution in [0, 0.1) is 5.92 Å². The van der Waals surface area contributed by atoms with Gasteiger partial charge in [-0.2, -0.15) is 0 Å². The van der Waals surface area contributed by atoms with E-state index < -0.39 is 0 Å². The highest BCUT2D eigenvalue weighted by atomic mass is 16.5. The van der Waals surface area contributed by atoms with E-state index in [4.69, 9.17) is 4.74 Å². The lowest BCUT2D eigenvalue weighted by atomic mass is 9.97. The van der Waals surface area contributed by atoms with Crippen LogP contribution in [0.2, 0.25) is 0 Å². The number of ether oxygens (including phenoxy) is 1. The maximum atomic E-state index is 5.83. The van der Waals surface area contributed by atoms with Gasteiger partial charge in [-0.05, 0) is 55.4 Å². The second kappa shape index (κ2) is 6.55. The Bertz CT molecular complexity index is 683. The van der Waals surface area contributed by atoms with Gasteiger partial charge in [0.15, 0.2) is 0 Å². The van der Waals surface area contributed by atoms with Gasteiger partial charge in [-0.1, -0.05) is 30.4 Å². The van der Waals surface area contributed by atoms with E-state index in [1.807, 2.05) is 42.6 Å². The van der Waals surface area contributed by atoms with Crippen LogP contribution >= 0.6 is 0 Å². The van der Waals surface area contributed by atoms with Crippen molar-refractivity contribution in [3.63, 3.8) is 0 Å². The van der Waals surface area contributed by atoms with E-state index in [0.717, 1.165) is 35.4 Å². The Kier molecular flexibility index (Phi) is 4.12. The normalized spacial score (nSPS) is 26.0. The molecule has 3 unspecified atom stereocenters. The summed E-state index contributed by atoms with van der Waals surface area (Å²) in [6.07, 6.45) is 13.3. The number of hydrogen-bond donors (Lipinski definition) is 1. The molecule has 23 heavy (non-hydrogen) atoms. The van der Waals surface area contributed by atoms with Gasteiger partial charge in [0.25, 0.3) is 0 Å². The first-order chi connectivity index (χ1) is 11.4. The first-order valence-corrected chi connectivity index (χ1v) is 8.47. The van der Waals surface area contributed by atoms with Gasteiger partial charge in [0.2, 0.25) is 0 Å². The lowest BCUT2D eigenvalue weighted by Crippen LogP contribution is -2.34. The Morgan fingerprint density at radius 1 is 1.13 bits per heavy atom. The van der Waals surface area contributed by atoms with E-state index in [2.05, 4.69) is 22.5 Å². The van der Waals surface area contributed by atoms with Crippen LogP contribution < -0.4 is 10.1 Å². The fourth-order valence-corrected chi connectivity index (χ4v) is 3.79. The molecule has 2 aliphatic rings. The summed E-state index contributed by atoms with van der Waals surface area (Å²) in [4.78, 5) is 4.28. The van der Waals surface area contributed by atoms with Gasteiger partial charge in [0, 0.05) is 18.3 Å². The Morgan fingerprint density at radius 3 is 2.83 bits per heavy atom. The molecule has 1 aromatic carbocycles. The summed E-state index contributed by atoms with van der Waals surface area (Å²) < 4.78 is 5.83. The highest BCUT2D eigenvalue weighted by Gasteiger charge is 2.37. The first kappa shape index (κ1) is 14.5. The predicted molar refractivity (Wildman–Crippen MR) is 92.5 cm³/mol. The SMILES string of the molecule is C(=Cc1cncc(Oc2ccccc2)c1)CC1NC2CCC1C2. The topological polar surface area (TPSA) is 34.1 Å². The predicted octanol–water partition coefficient (Wildman–Crippen LogP) is 4.42. The van der Waals surface area contributed by atoms with Crippen molar-refractivity contribution in [1.29, 1.82) is 0 Å². The minimum absolute atomic E-state index is 0.668. The van der Waals surface area contributed by atoms with E-state index in [1.165, 1.54) is 19.3 Å². The number of hydrogen-bond acceptors (Lipinski definition) is 3. The summed E-state index contributed by atoms with van der Waals surface area (Å²) in [5, 5.41) is 3.73. The maximum Gasteiger partial charge on any atom is 0.146 e. The molecule has 3 heteroatoms. The summed E-state index contributed by atoms with van der Waals surface area (Å²) in [6, 6.07) is 13.3. The number of piperidine rings is 1. The number of pyridine rings is 1. The van der Waals surface area contributed by atoms with E-state index >= 15 is 0 Å². The third kappa shape index (κ3) is 3.45. The van der Waals surface area contributed by atoms with Crippen LogP contribution in [-0.2, 0) is 0 Å².